The van der Waals surface area contributed by atoms with E-state index in [1.54, 1.807) is 18.4 Å². The summed E-state index contributed by atoms with van der Waals surface area (Å²) in [4.78, 5) is 10.9. The summed E-state index contributed by atoms with van der Waals surface area (Å²) in [5, 5.41) is 4.62. The molecule has 0 radical (unpaired) electrons. The predicted molar refractivity (Wildman–Crippen MR) is 89.1 cm³/mol. The Labute approximate surface area is 132 Å². The number of methoxy groups -OCH3 is 1. The number of anilines is 1. The highest BCUT2D eigenvalue weighted by Gasteiger charge is 2.24. The van der Waals surface area contributed by atoms with Crippen LogP contribution in [-0.4, -0.2) is 55.8 Å². The molecule has 1 aliphatic rings. The lowest BCUT2D eigenvalue weighted by Crippen LogP contribution is -2.50. The van der Waals surface area contributed by atoms with Crippen molar-refractivity contribution in [3.05, 3.63) is 10.6 Å². The standard InChI is InChI=1S/C15H28N4OS/c1-11(2)16-8-14-13(10-20-5)17-15(21-14)19-7-6-18(4)12(3)9-19/h11-12,16H,6-10H2,1-5H3. The van der Waals surface area contributed by atoms with Crippen LogP contribution in [0.1, 0.15) is 31.3 Å². The number of hydrogen-bond donors (Lipinski definition) is 1. The average molecular weight is 312 g/mol. The van der Waals surface area contributed by atoms with Gasteiger partial charge in [0, 0.05) is 50.2 Å². The van der Waals surface area contributed by atoms with E-state index in [1.165, 1.54) is 4.88 Å². The minimum Gasteiger partial charge on any atom is -0.378 e. The Morgan fingerprint density at radius 2 is 2.19 bits per heavy atom. The topological polar surface area (TPSA) is 40.6 Å². The maximum absolute atomic E-state index is 5.30. The van der Waals surface area contributed by atoms with Crippen LogP contribution in [0.4, 0.5) is 5.13 Å². The molecule has 0 spiro atoms. The molecule has 0 aliphatic carbocycles. The lowest BCUT2D eigenvalue weighted by atomic mass is 10.2. The van der Waals surface area contributed by atoms with Gasteiger partial charge in [-0.2, -0.15) is 0 Å². The lowest BCUT2D eigenvalue weighted by molar-refractivity contribution is 0.181. The van der Waals surface area contributed by atoms with Crippen molar-refractivity contribution in [3.8, 4) is 0 Å². The first-order chi connectivity index (χ1) is 10.0. The molecule has 1 aliphatic heterocycles. The molecule has 120 valence electrons. The summed E-state index contributed by atoms with van der Waals surface area (Å²) in [5.41, 5.74) is 1.08. The number of likely N-dealkylation sites (N-methyl/N-ethyl adjacent to an activating group) is 1. The van der Waals surface area contributed by atoms with Gasteiger partial charge in [0.2, 0.25) is 0 Å². The number of nitrogens with zero attached hydrogens (tertiary/aromatic N) is 3. The van der Waals surface area contributed by atoms with Gasteiger partial charge in [-0.1, -0.05) is 13.8 Å². The average Bonchev–Trinajstić information content (AvgIpc) is 2.83. The highest BCUT2D eigenvalue weighted by molar-refractivity contribution is 7.15. The fourth-order valence-electron chi connectivity index (χ4n) is 2.41. The summed E-state index contributed by atoms with van der Waals surface area (Å²) in [7, 11) is 3.93. The zero-order chi connectivity index (χ0) is 15.4. The van der Waals surface area contributed by atoms with E-state index < -0.39 is 0 Å². The molecule has 1 fully saturated rings. The van der Waals surface area contributed by atoms with Gasteiger partial charge in [0.15, 0.2) is 5.13 Å². The van der Waals surface area contributed by atoms with Crippen molar-refractivity contribution < 1.29 is 4.74 Å². The van der Waals surface area contributed by atoms with E-state index in [0.29, 0.717) is 18.7 Å². The molecular formula is C15H28N4OS. The first-order valence-electron chi connectivity index (χ1n) is 7.67. The maximum atomic E-state index is 5.30. The fourth-order valence-corrected chi connectivity index (χ4v) is 3.46. The van der Waals surface area contributed by atoms with Gasteiger partial charge in [-0.25, -0.2) is 4.98 Å². The van der Waals surface area contributed by atoms with Crippen LogP contribution in [-0.2, 0) is 17.9 Å². The van der Waals surface area contributed by atoms with E-state index in [2.05, 4.69) is 42.9 Å². The van der Waals surface area contributed by atoms with Gasteiger partial charge >= 0.3 is 0 Å². The van der Waals surface area contributed by atoms with Crippen LogP contribution in [0.3, 0.4) is 0 Å². The third-order valence-corrected chi connectivity index (χ3v) is 5.11. The largest absolute Gasteiger partial charge is 0.378 e. The lowest BCUT2D eigenvalue weighted by Gasteiger charge is -2.37. The zero-order valence-electron chi connectivity index (χ0n) is 13.8. The molecule has 1 aromatic rings. The van der Waals surface area contributed by atoms with E-state index in [4.69, 9.17) is 9.72 Å². The number of hydrogen-bond acceptors (Lipinski definition) is 6. The van der Waals surface area contributed by atoms with E-state index in [1.807, 2.05) is 0 Å². The predicted octanol–water partition coefficient (Wildman–Crippen LogP) is 1.93. The molecule has 0 amide bonds. The van der Waals surface area contributed by atoms with E-state index >= 15 is 0 Å². The normalized spacial score (nSPS) is 20.5. The van der Waals surface area contributed by atoms with Crippen molar-refractivity contribution in [1.29, 1.82) is 0 Å². The quantitative estimate of drug-likeness (QED) is 0.869. The van der Waals surface area contributed by atoms with Crippen LogP contribution >= 0.6 is 11.3 Å². The molecule has 0 saturated carbocycles. The molecular weight excluding hydrogens is 284 g/mol. The number of rotatable bonds is 6. The van der Waals surface area contributed by atoms with Gasteiger partial charge in [-0.05, 0) is 14.0 Å². The van der Waals surface area contributed by atoms with Crippen LogP contribution in [0.5, 0.6) is 0 Å². The third kappa shape index (κ3) is 4.39. The van der Waals surface area contributed by atoms with Gasteiger partial charge in [-0.15, -0.1) is 11.3 Å². The molecule has 0 bridgehead atoms. The Bertz CT molecular complexity index is 449. The minimum atomic E-state index is 0.481. The number of nitrogens with one attached hydrogen (secondary N) is 1. The SMILES string of the molecule is COCc1nc(N2CCN(C)C(C)C2)sc1CNC(C)C. The molecule has 21 heavy (non-hydrogen) atoms. The second kappa shape index (κ2) is 7.54. The second-order valence-electron chi connectivity index (χ2n) is 6.11. The van der Waals surface area contributed by atoms with E-state index in [9.17, 15) is 0 Å². The molecule has 1 atom stereocenters. The molecule has 1 aromatic heterocycles. The summed E-state index contributed by atoms with van der Waals surface area (Å²) in [6, 6.07) is 1.06. The van der Waals surface area contributed by atoms with Crippen LogP contribution in [0.2, 0.25) is 0 Å². The van der Waals surface area contributed by atoms with E-state index in [-0.39, 0.29) is 0 Å². The molecule has 0 aromatic carbocycles. The monoisotopic (exact) mass is 312 g/mol. The smallest absolute Gasteiger partial charge is 0.186 e. The van der Waals surface area contributed by atoms with Crippen molar-refractivity contribution in [3.63, 3.8) is 0 Å². The number of piperazine rings is 1. The van der Waals surface area contributed by atoms with Crippen molar-refractivity contribution in [2.75, 3.05) is 38.7 Å². The maximum Gasteiger partial charge on any atom is 0.186 e. The van der Waals surface area contributed by atoms with Crippen LogP contribution < -0.4 is 10.2 Å². The zero-order valence-corrected chi connectivity index (χ0v) is 14.7. The molecule has 1 N–H and O–H groups in total. The summed E-state index contributed by atoms with van der Waals surface area (Å²) in [5.74, 6) is 0. The molecule has 2 heterocycles. The van der Waals surface area contributed by atoms with Crippen molar-refractivity contribution >= 4 is 16.5 Å². The number of aromatic nitrogens is 1. The Morgan fingerprint density at radius 1 is 1.43 bits per heavy atom. The van der Waals surface area contributed by atoms with Crippen LogP contribution in [0, 0.1) is 0 Å². The first kappa shape index (κ1) is 16.7. The number of thiazole rings is 1. The molecule has 5 nitrogen and oxygen atoms in total. The summed E-state index contributed by atoms with van der Waals surface area (Å²) in [6.45, 7) is 11.3. The Morgan fingerprint density at radius 3 is 2.81 bits per heavy atom. The van der Waals surface area contributed by atoms with Gasteiger partial charge in [0.25, 0.3) is 0 Å². The second-order valence-corrected chi connectivity index (χ2v) is 7.17. The van der Waals surface area contributed by atoms with Gasteiger partial charge in [0.05, 0.1) is 12.3 Å². The Hall–Kier alpha value is -0.690. The van der Waals surface area contributed by atoms with Crippen LogP contribution in [0.25, 0.3) is 0 Å². The van der Waals surface area contributed by atoms with Crippen molar-refractivity contribution in [2.45, 2.75) is 46.0 Å². The molecule has 6 heteroatoms. The molecule has 1 unspecified atom stereocenters. The van der Waals surface area contributed by atoms with Gasteiger partial charge < -0.3 is 19.9 Å². The van der Waals surface area contributed by atoms with Crippen molar-refractivity contribution in [2.24, 2.45) is 0 Å². The van der Waals surface area contributed by atoms with Crippen molar-refractivity contribution in [1.82, 2.24) is 15.2 Å². The Kier molecular flexibility index (Phi) is 5.98. The minimum absolute atomic E-state index is 0.481. The molecule has 2 rings (SSSR count). The van der Waals surface area contributed by atoms with Gasteiger partial charge in [-0.3, -0.25) is 0 Å². The first-order valence-corrected chi connectivity index (χ1v) is 8.49. The van der Waals surface area contributed by atoms with E-state index in [0.717, 1.165) is 37.0 Å². The highest BCUT2D eigenvalue weighted by atomic mass is 32.1. The highest BCUT2D eigenvalue weighted by Crippen LogP contribution is 2.28. The fraction of sp³-hybridized carbons (Fsp3) is 0.800. The van der Waals surface area contributed by atoms with Gasteiger partial charge in [0.1, 0.15) is 0 Å². The number of ether oxygens (including phenoxy) is 1. The summed E-state index contributed by atoms with van der Waals surface area (Å²) in [6.07, 6.45) is 0. The third-order valence-electron chi connectivity index (χ3n) is 3.95. The Balaban J connectivity index is 2.10. The summed E-state index contributed by atoms with van der Waals surface area (Å²) >= 11 is 1.81. The molecule has 1 saturated heterocycles. The summed E-state index contributed by atoms with van der Waals surface area (Å²) < 4.78 is 5.30. The van der Waals surface area contributed by atoms with Crippen LogP contribution in [0.15, 0.2) is 0 Å².